The number of nitrogens with zero attached hydrogens (tertiary/aromatic N) is 1. The lowest BCUT2D eigenvalue weighted by molar-refractivity contribution is -0.384. The van der Waals surface area contributed by atoms with Gasteiger partial charge >= 0.3 is 0 Å². The number of nitrogens with one attached hydrogen (secondary N) is 1. The summed E-state index contributed by atoms with van der Waals surface area (Å²) in [6.07, 6.45) is 4.64. The number of hydrogen-bond acceptors (Lipinski definition) is 3. The van der Waals surface area contributed by atoms with Crippen molar-refractivity contribution in [3.05, 3.63) is 31.9 Å². The zero-order chi connectivity index (χ0) is 12.7. The van der Waals surface area contributed by atoms with E-state index in [0.717, 1.165) is 16.5 Å². The topological polar surface area (TPSA) is 55.2 Å². The van der Waals surface area contributed by atoms with E-state index in [9.17, 15) is 10.1 Å². The zero-order valence-corrected chi connectivity index (χ0v) is 12.1. The predicted molar refractivity (Wildman–Crippen MR) is 78.4 cm³/mol. The average molecular weight is 348 g/mol. The average Bonchev–Trinajstić information content (AvgIpc) is 2.30. The summed E-state index contributed by atoms with van der Waals surface area (Å²) < 4.78 is 0.880. The highest BCUT2D eigenvalue weighted by atomic mass is 127. The van der Waals surface area contributed by atoms with Crippen LogP contribution in [0.15, 0.2) is 18.2 Å². The fraction of sp³-hybridized carbons (Fsp3) is 0.500. The van der Waals surface area contributed by atoms with Crippen LogP contribution in [0.1, 0.15) is 32.6 Å². The molecule has 4 nitrogen and oxygen atoms in total. The predicted octanol–water partition coefficient (Wildman–Crippen LogP) is 4.19. The molecule has 94 valence electrons. The Morgan fingerprint density at radius 2 is 2.12 bits per heavy atom. The third-order valence-electron chi connectivity index (χ3n) is 2.50. The van der Waals surface area contributed by atoms with Gasteiger partial charge in [0.25, 0.3) is 5.69 Å². The summed E-state index contributed by atoms with van der Waals surface area (Å²) in [7, 11) is 0. The fourth-order valence-electron chi connectivity index (χ4n) is 1.58. The molecule has 0 radical (unpaired) electrons. The van der Waals surface area contributed by atoms with Crippen LogP contribution in [0.3, 0.4) is 0 Å². The quantitative estimate of drug-likeness (QED) is 0.348. The molecule has 0 aliphatic heterocycles. The van der Waals surface area contributed by atoms with Crippen molar-refractivity contribution >= 4 is 34.0 Å². The van der Waals surface area contributed by atoms with Crippen LogP contribution in [-0.2, 0) is 0 Å². The monoisotopic (exact) mass is 348 g/mol. The Morgan fingerprint density at radius 3 is 2.76 bits per heavy atom. The molecule has 0 saturated carbocycles. The van der Waals surface area contributed by atoms with Gasteiger partial charge in [-0.15, -0.1) is 0 Å². The molecular formula is C12H17IN2O2. The van der Waals surface area contributed by atoms with Crippen LogP contribution in [0.2, 0.25) is 0 Å². The van der Waals surface area contributed by atoms with Crippen molar-refractivity contribution in [1.29, 1.82) is 0 Å². The van der Waals surface area contributed by atoms with Gasteiger partial charge in [0.1, 0.15) is 5.69 Å². The normalized spacial score (nSPS) is 10.2. The van der Waals surface area contributed by atoms with E-state index in [4.69, 9.17) is 0 Å². The van der Waals surface area contributed by atoms with Gasteiger partial charge < -0.3 is 5.32 Å². The highest BCUT2D eigenvalue weighted by Crippen LogP contribution is 2.26. The third-order valence-corrected chi connectivity index (χ3v) is 3.17. The molecule has 0 aliphatic carbocycles. The van der Waals surface area contributed by atoms with Crippen molar-refractivity contribution in [2.45, 2.75) is 32.6 Å². The maximum Gasteiger partial charge on any atom is 0.293 e. The van der Waals surface area contributed by atoms with Crippen LogP contribution >= 0.6 is 22.6 Å². The summed E-state index contributed by atoms with van der Waals surface area (Å²) in [5, 5.41) is 14.0. The summed E-state index contributed by atoms with van der Waals surface area (Å²) in [5.41, 5.74) is 0.777. The van der Waals surface area contributed by atoms with E-state index in [1.54, 1.807) is 12.1 Å². The maximum atomic E-state index is 10.9. The first-order valence-electron chi connectivity index (χ1n) is 5.83. The lowest BCUT2D eigenvalue weighted by Crippen LogP contribution is -2.04. The van der Waals surface area contributed by atoms with Gasteiger partial charge in [-0.1, -0.05) is 26.2 Å². The van der Waals surface area contributed by atoms with Gasteiger partial charge in [-0.3, -0.25) is 10.1 Å². The summed E-state index contributed by atoms with van der Waals surface area (Å²) in [6, 6.07) is 5.25. The summed E-state index contributed by atoms with van der Waals surface area (Å²) >= 11 is 2.08. The molecule has 0 aromatic heterocycles. The molecule has 0 heterocycles. The zero-order valence-electron chi connectivity index (χ0n) is 9.91. The Kier molecular flexibility index (Phi) is 6.25. The number of hydrogen-bond donors (Lipinski definition) is 1. The number of nitro groups is 1. The maximum absolute atomic E-state index is 10.9. The Balaban J connectivity index is 2.55. The highest BCUT2D eigenvalue weighted by molar-refractivity contribution is 14.1. The Hall–Kier alpha value is -0.850. The van der Waals surface area contributed by atoms with Gasteiger partial charge in [0.15, 0.2) is 0 Å². The van der Waals surface area contributed by atoms with E-state index in [1.807, 2.05) is 6.07 Å². The summed E-state index contributed by atoms with van der Waals surface area (Å²) in [5.74, 6) is 0. The fourth-order valence-corrected chi connectivity index (χ4v) is 2.05. The van der Waals surface area contributed by atoms with Crippen molar-refractivity contribution in [2.75, 3.05) is 11.9 Å². The second-order valence-electron chi connectivity index (χ2n) is 3.91. The van der Waals surface area contributed by atoms with Gasteiger partial charge in [-0.05, 0) is 41.1 Å². The standard InChI is InChI=1S/C12H17IN2O2/c1-2-3-4-5-8-14-11-7-6-10(13)9-12(11)15(16)17/h6-7,9,14H,2-5,8H2,1H3. The van der Waals surface area contributed by atoms with Crippen molar-refractivity contribution in [1.82, 2.24) is 0 Å². The number of halogens is 1. The first-order chi connectivity index (χ1) is 8.15. The van der Waals surface area contributed by atoms with Gasteiger partial charge in [0.2, 0.25) is 0 Å². The number of rotatable bonds is 7. The Morgan fingerprint density at radius 1 is 1.35 bits per heavy atom. The SMILES string of the molecule is CCCCCCNc1ccc(I)cc1[N+](=O)[O-]. The molecule has 1 rings (SSSR count). The van der Waals surface area contributed by atoms with E-state index in [0.29, 0.717) is 5.69 Å². The van der Waals surface area contributed by atoms with Gasteiger partial charge in [0, 0.05) is 16.2 Å². The van der Waals surface area contributed by atoms with Gasteiger partial charge in [0.05, 0.1) is 4.92 Å². The largest absolute Gasteiger partial charge is 0.379 e. The van der Waals surface area contributed by atoms with Crippen molar-refractivity contribution in [3.8, 4) is 0 Å². The smallest absolute Gasteiger partial charge is 0.293 e. The van der Waals surface area contributed by atoms with Crippen molar-refractivity contribution in [3.63, 3.8) is 0 Å². The number of anilines is 1. The van der Waals surface area contributed by atoms with E-state index >= 15 is 0 Å². The molecule has 0 unspecified atom stereocenters. The molecule has 5 heteroatoms. The molecule has 17 heavy (non-hydrogen) atoms. The van der Waals surface area contributed by atoms with E-state index in [-0.39, 0.29) is 10.6 Å². The minimum atomic E-state index is -0.337. The van der Waals surface area contributed by atoms with Crippen LogP contribution in [0.4, 0.5) is 11.4 Å². The first-order valence-corrected chi connectivity index (χ1v) is 6.91. The number of nitro benzene ring substituents is 1. The van der Waals surface area contributed by atoms with E-state index in [2.05, 4.69) is 34.8 Å². The molecule has 0 saturated heterocycles. The lowest BCUT2D eigenvalue weighted by atomic mass is 10.2. The van der Waals surface area contributed by atoms with Crippen LogP contribution in [-0.4, -0.2) is 11.5 Å². The summed E-state index contributed by atoms with van der Waals surface area (Å²) in [4.78, 5) is 10.5. The molecule has 1 aromatic carbocycles. The second kappa shape index (κ2) is 7.47. The minimum absolute atomic E-state index is 0.160. The molecule has 0 aliphatic rings. The van der Waals surface area contributed by atoms with Gasteiger partial charge in [-0.25, -0.2) is 0 Å². The molecule has 0 atom stereocenters. The molecule has 0 amide bonds. The number of unbranched alkanes of at least 4 members (excludes halogenated alkanes) is 3. The number of benzene rings is 1. The molecule has 1 aromatic rings. The lowest BCUT2D eigenvalue weighted by Gasteiger charge is -2.07. The van der Waals surface area contributed by atoms with E-state index < -0.39 is 0 Å². The first kappa shape index (κ1) is 14.2. The molecule has 0 spiro atoms. The van der Waals surface area contributed by atoms with Crippen LogP contribution < -0.4 is 5.32 Å². The van der Waals surface area contributed by atoms with Crippen molar-refractivity contribution < 1.29 is 4.92 Å². The third kappa shape index (κ3) is 4.89. The van der Waals surface area contributed by atoms with Crippen molar-refractivity contribution in [2.24, 2.45) is 0 Å². The molecular weight excluding hydrogens is 331 g/mol. The highest BCUT2D eigenvalue weighted by Gasteiger charge is 2.13. The summed E-state index contributed by atoms with van der Waals surface area (Å²) in [6.45, 7) is 2.96. The molecule has 0 bridgehead atoms. The van der Waals surface area contributed by atoms with Crippen LogP contribution in [0, 0.1) is 13.7 Å². The van der Waals surface area contributed by atoms with Crippen LogP contribution in [0.25, 0.3) is 0 Å². The Labute approximate surface area is 115 Å². The molecule has 0 fully saturated rings. The minimum Gasteiger partial charge on any atom is -0.379 e. The Bertz CT molecular complexity index is 383. The molecule has 1 N–H and O–H groups in total. The van der Waals surface area contributed by atoms with Gasteiger partial charge in [-0.2, -0.15) is 0 Å². The van der Waals surface area contributed by atoms with Crippen LogP contribution in [0.5, 0.6) is 0 Å². The second-order valence-corrected chi connectivity index (χ2v) is 5.15. The van der Waals surface area contributed by atoms with E-state index in [1.165, 1.54) is 19.3 Å².